The van der Waals surface area contributed by atoms with Crippen molar-refractivity contribution >= 4 is 27.1 Å². The van der Waals surface area contributed by atoms with E-state index >= 15 is 0 Å². The molecule has 0 aliphatic heterocycles. The Kier molecular flexibility index (Phi) is 4.28. The molecule has 0 aliphatic carbocycles. The third-order valence-electron chi connectivity index (χ3n) is 0.167. The maximum atomic E-state index is 4.24. The molecule has 0 heterocycles. The van der Waals surface area contributed by atoms with E-state index in [-0.39, 0.29) is 0 Å². The summed E-state index contributed by atoms with van der Waals surface area (Å²) in [5, 5.41) is 0. The summed E-state index contributed by atoms with van der Waals surface area (Å²) in [6.07, 6.45) is 0. The SMILES string of the molecule is [AlH2][O]O[SiH3]. The highest BCUT2D eigenvalue weighted by atomic mass is 28.2. The van der Waals surface area contributed by atoms with Crippen molar-refractivity contribution in [3.8, 4) is 0 Å². The van der Waals surface area contributed by atoms with Crippen molar-refractivity contribution < 1.29 is 8.52 Å². The van der Waals surface area contributed by atoms with Crippen molar-refractivity contribution in [2.75, 3.05) is 0 Å². The predicted octanol–water partition coefficient (Wildman–Crippen LogP) is -2.24. The van der Waals surface area contributed by atoms with Gasteiger partial charge >= 0.3 is 16.6 Å². The first-order valence-electron chi connectivity index (χ1n) is 0.983. The summed E-state index contributed by atoms with van der Waals surface area (Å²) >= 11 is 0.702. The van der Waals surface area contributed by atoms with Crippen LogP contribution >= 0.6 is 0 Å². The Bertz CT molecular complexity index is 8.00. The Balaban J connectivity index is 1.97. The summed E-state index contributed by atoms with van der Waals surface area (Å²) in [7, 11) is 0.702. The molecule has 0 amide bonds. The van der Waals surface area contributed by atoms with Crippen LogP contribution < -0.4 is 0 Å². The highest BCUT2D eigenvalue weighted by Crippen LogP contribution is 1.47. The van der Waals surface area contributed by atoms with Crippen molar-refractivity contribution in [1.29, 1.82) is 0 Å². The Morgan fingerprint density at radius 2 is 2.00 bits per heavy atom. The molecule has 0 rings (SSSR count). The van der Waals surface area contributed by atoms with E-state index in [1.54, 1.807) is 0 Å². The summed E-state index contributed by atoms with van der Waals surface area (Å²) in [5.41, 5.74) is 0. The molecule has 4 heavy (non-hydrogen) atoms. The molecule has 0 saturated carbocycles. The molecule has 0 N–H and O–H groups in total. The van der Waals surface area contributed by atoms with Crippen LogP contribution in [0.25, 0.3) is 0 Å². The lowest BCUT2D eigenvalue weighted by Gasteiger charge is -1.83. The van der Waals surface area contributed by atoms with Gasteiger partial charge in [-0.2, -0.15) is 0 Å². The smallest absolute Gasteiger partial charge is 0.395 e. The molecule has 2 nitrogen and oxygen atoms in total. The number of hydrogen-bond donors (Lipinski definition) is 0. The second kappa shape index (κ2) is 3.67. The lowest BCUT2D eigenvalue weighted by Crippen LogP contribution is -1.78. The molecule has 0 aromatic heterocycles. The van der Waals surface area contributed by atoms with E-state index in [1.807, 2.05) is 0 Å². The van der Waals surface area contributed by atoms with Crippen LogP contribution in [0.2, 0.25) is 0 Å². The van der Waals surface area contributed by atoms with Gasteiger partial charge in [0.1, 0.15) is 0 Å². The summed E-state index contributed by atoms with van der Waals surface area (Å²) in [4.78, 5) is 0. The van der Waals surface area contributed by atoms with Gasteiger partial charge in [0, 0.05) is 0 Å². The van der Waals surface area contributed by atoms with Crippen LogP contribution in [-0.2, 0) is 8.52 Å². The molecule has 0 saturated heterocycles. The van der Waals surface area contributed by atoms with Gasteiger partial charge in [0.15, 0.2) is 10.5 Å². The van der Waals surface area contributed by atoms with Crippen molar-refractivity contribution in [3.05, 3.63) is 0 Å². The van der Waals surface area contributed by atoms with Crippen molar-refractivity contribution in [3.63, 3.8) is 0 Å². The van der Waals surface area contributed by atoms with Crippen LogP contribution in [0.1, 0.15) is 0 Å². The van der Waals surface area contributed by atoms with Crippen LogP contribution in [0.5, 0.6) is 0 Å². The fraction of sp³-hybridized carbons (Fsp3) is 0. The highest BCUT2D eigenvalue weighted by Gasteiger charge is 1.50. The second-order valence-corrected chi connectivity index (χ2v) is 1.00. The molecule has 24 valence electrons. The first-order valence-corrected chi connectivity index (χ1v) is 2.62. The molecule has 0 spiro atoms. The van der Waals surface area contributed by atoms with Gasteiger partial charge in [-0.3, -0.25) is 0 Å². The predicted molar refractivity (Wildman–Crippen MR) is 20.7 cm³/mol. The van der Waals surface area contributed by atoms with Crippen LogP contribution in [-0.4, -0.2) is 27.1 Å². The number of rotatable bonds is 1. The van der Waals surface area contributed by atoms with E-state index in [4.69, 9.17) is 0 Å². The summed E-state index contributed by atoms with van der Waals surface area (Å²) in [5.74, 6) is 0. The molecular weight excluding hydrogens is 87.1 g/mol. The standard InChI is InChI=1S/Al.H4O2Si.2H/c;1-2-3;;/h;1H,3H3;;/q+1;;;/p-1. The molecule has 0 bridgehead atoms. The van der Waals surface area contributed by atoms with E-state index in [0.29, 0.717) is 27.1 Å². The zero-order valence-corrected chi connectivity index (χ0v) is 6.82. The van der Waals surface area contributed by atoms with Crippen molar-refractivity contribution in [1.82, 2.24) is 0 Å². The largest absolute Gasteiger partial charge is 0.463 e. The first kappa shape index (κ1) is 4.67. The zero-order valence-electron chi connectivity index (χ0n) is 2.82. The van der Waals surface area contributed by atoms with E-state index in [2.05, 4.69) is 8.52 Å². The summed E-state index contributed by atoms with van der Waals surface area (Å²) < 4.78 is 8.48. The molecular formula is H5AlO2Si. The van der Waals surface area contributed by atoms with Crippen LogP contribution in [0.4, 0.5) is 0 Å². The lowest BCUT2D eigenvalue weighted by atomic mass is 14.9. The van der Waals surface area contributed by atoms with E-state index in [0.717, 1.165) is 0 Å². The molecule has 0 aromatic carbocycles. The fourth-order valence-corrected chi connectivity index (χ4v) is 0. The van der Waals surface area contributed by atoms with Gasteiger partial charge in [-0.05, 0) is 0 Å². The fourth-order valence-electron chi connectivity index (χ4n) is 0. The van der Waals surface area contributed by atoms with Gasteiger partial charge in [0.25, 0.3) is 0 Å². The van der Waals surface area contributed by atoms with Gasteiger partial charge in [-0.25, -0.2) is 0 Å². The minimum atomic E-state index is 0.702. The Labute approximate surface area is 36.3 Å². The van der Waals surface area contributed by atoms with Gasteiger partial charge < -0.3 is 8.52 Å². The molecule has 0 fully saturated rings. The van der Waals surface area contributed by atoms with E-state index in [9.17, 15) is 0 Å². The topological polar surface area (TPSA) is 18.5 Å². The average molecular weight is 92.1 g/mol. The van der Waals surface area contributed by atoms with E-state index in [1.165, 1.54) is 0 Å². The molecule has 0 radical (unpaired) electrons. The Morgan fingerprint density at radius 3 is 2.00 bits per heavy atom. The molecule has 0 atom stereocenters. The summed E-state index contributed by atoms with van der Waals surface area (Å²) in [6.45, 7) is 0. The monoisotopic (exact) mass is 92.0 g/mol. The van der Waals surface area contributed by atoms with Crippen LogP contribution in [0, 0.1) is 0 Å². The van der Waals surface area contributed by atoms with Crippen LogP contribution in [0.15, 0.2) is 0 Å². The third-order valence-corrected chi connectivity index (χ3v) is 1.50. The minimum Gasteiger partial charge on any atom is -0.395 e. The zero-order chi connectivity index (χ0) is 3.41. The van der Waals surface area contributed by atoms with Gasteiger partial charge in [0.2, 0.25) is 0 Å². The van der Waals surface area contributed by atoms with Crippen LogP contribution in [0.3, 0.4) is 0 Å². The Hall–Kier alpha value is 0.669. The van der Waals surface area contributed by atoms with Crippen molar-refractivity contribution in [2.45, 2.75) is 0 Å². The van der Waals surface area contributed by atoms with Gasteiger partial charge in [-0.15, -0.1) is 0 Å². The second-order valence-electron chi connectivity index (χ2n) is 0.333. The molecule has 0 unspecified atom stereocenters. The molecule has 0 aromatic rings. The third kappa shape index (κ3) is 2.67. The Morgan fingerprint density at radius 1 is 1.75 bits per heavy atom. The van der Waals surface area contributed by atoms with E-state index < -0.39 is 0 Å². The van der Waals surface area contributed by atoms with Gasteiger partial charge in [0.05, 0.1) is 0 Å². The number of hydrogen-bond acceptors (Lipinski definition) is 2. The quantitative estimate of drug-likeness (QED) is 0.207. The normalized spacial score (nSPS) is 8.00. The summed E-state index contributed by atoms with van der Waals surface area (Å²) in [6, 6.07) is 0. The molecule has 0 aliphatic rings. The first-order chi connectivity index (χ1) is 1.91. The molecule has 4 heteroatoms. The highest BCUT2D eigenvalue weighted by molar-refractivity contribution is 6.01. The van der Waals surface area contributed by atoms with Crippen molar-refractivity contribution in [2.24, 2.45) is 0 Å². The maximum Gasteiger partial charge on any atom is 0.463 e. The minimum absolute atomic E-state index is 0.702. The maximum absolute atomic E-state index is 4.24. The average Bonchev–Trinajstić information content (AvgIpc) is 1.37. The van der Waals surface area contributed by atoms with Gasteiger partial charge in [-0.1, -0.05) is 0 Å². The lowest BCUT2D eigenvalue weighted by molar-refractivity contribution is -0.0859.